The molecule has 0 aromatic heterocycles. The molecule has 0 aliphatic carbocycles. The van der Waals surface area contributed by atoms with Gasteiger partial charge in [0.05, 0.1) is 5.69 Å². The van der Waals surface area contributed by atoms with Crippen molar-refractivity contribution in [3.8, 4) is 6.07 Å². The van der Waals surface area contributed by atoms with Gasteiger partial charge in [0.25, 0.3) is 0 Å². The predicted octanol–water partition coefficient (Wildman–Crippen LogP) is 2.07. The average molecular weight is 267 g/mol. The van der Waals surface area contributed by atoms with Gasteiger partial charge in [0.1, 0.15) is 17.4 Å². The van der Waals surface area contributed by atoms with Gasteiger partial charge in [0.2, 0.25) is 0 Å². The van der Waals surface area contributed by atoms with E-state index >= 15 is 0 Å². The molecule has 1 radical (unpaired) electrons. The van der Waals surface area contributed by atoms with Crippen molar-refractivity contribution in [2.45, 2.75) is 6.92 Å². The summed E-state index contributed by atoms with van der Waals surface area (Å²) in [6, 6.07) is 5.29. The molecule has 0 bridgehead atoms. The van der Waals surface area contributed by atoms with Crippen LogP contribution >= 0.6 is 0 Å². The second-order valence-electron chi connectivity index (χ2n) is 3.10. The van der Waals surface area contributed by atoms with Crippen LogP contribution in [-0.4, -0.2) is 14.1 Å². The Morgan fingerprint density at radius 2 is 1.93 bits per heavy atom. The number of hydrogen-bond donors (Lipinski definition) is 0. The van der Waals surface area contributed by atoms with Gasteiger partial charge >= 0.3 is 0 Å². The Hall–Kier alpha value is -0.456. The number of rotatable bonds is 1. The third-order valence-corrected chi connectivity index (χ3v) is 1.91. The molecule has 71 valence electrons. The van der Waals surface area contributed by atoms with Crippen molar-refractivity contribution < 1.29 is 37.1 Å². The summed E-state index contributed by atoms with van der Waals surface area (Å²) in [6.45, 7) is 1.65. The molecule has 2 nitrogen and oxygen atoms in total. The first kappa shape index (κ1) is 13.5. The molecule has 0 saturated heterocycles. The van der Waals surface area contributed by atoms with Crippen molar-refractivity contribution in [3.05, 3.63) is 29.1 Å². The summed E-state index contributed by atoms with van der Waals surface area (Å²) in [5.74, 6) is -0.422. The molecular weight excluding hydrogens is 256 g/mol. The fourth-order valence-corrected chi connectivity index (χ4v) is 1.15. The predicted molar refractivity (Wildman–Crippen MR) is 50.2 cm³/mol. The molecule has 1 rings (SSSR count). The Bertz CT molecular complexity index is 369. The zero-order chi connectivity index (χ0) is 10.0. The number of aryl methyl sites for hydroxylation is 1. The number of halogens is 1. The number of benzene rings is 1. The van der Waals surface area contributed by atoms with Gasteiger partial charge in [-0.15, -0.1) is 0 Å². The van der Waals surface area contributed by atoms with Crippen LogP contribution in [0.25, 0.3) is 0 Å². The number of hydrogen-bond acceptors (Lipinski definition) is 2. The first-order valence-electron chi connectivity index (χ1n) is 3.94. The van der Waals surface area contributed by atoms with Crippen LogP contribution in [0.3, 0.4) is 0 Å². The van der Waals surface area contributed by atoms with Gasteiger partial charge in [0.15, 0.2) is 0 Å². The first-order chi connectivity index (χ1) is 6.07. The van der Waals surface area contributed by atoms with Gasteiger partial charge in [-0.2, -0.15) is 5.26 Å². The Balaban J connectivity index is 0.00000169. The normalized spacial score (nSPS) is 8.79. The molecule has 0 aliphatic rings. The maximum absolute atomic E-state index is 13.4. The van der Waals surface area contributed by atoms with Gasteiger partial charge in [-0.1, -0.05) is 6.07 Å². The van der Waals surface area contributed by atoms with Crippen LogP contribution in [0.2, 0.25) is 0 Å². The van der Waals surface area contributed by atoms with Crippen LogP contribution in [0.4, 0.5) is 10.1 Å². The summed E-state index contributed by atoms with van der Waals surface area (Å²) in [7, 11) is 3.57. The first-order valence-corrected chi connectivity index (χ1v) is 3.94. The molecule has 0 amide bonds. The average Bonchev–Trinajstić information content (AvgIpc) is 2.09. The van der Waals surface area contributed by atoms with Crippen LogP contribution in [0, 0.1) is 24.1 Å². The molecule has 14 heavy (non-hydrogen) atoms. The molecule has 0 heterocycles. The fraction of sp³-hybridized carbons (Fsp3) is 0.300. The number of nitrogens with zero attached hydrogens (tertiary/aromatic N) is 2. The van der Waals surface area contributed by atoms with Crippen LogP contribution < -0.4 is 4.90 Å². The van der Waals surface area contributed by atoms with E-state index in [0.29, 0.717) is 11.3 Å². The molecule has 0 unspecified atom stereocenters. The van der Waals surface area contributed by atoms with E-state index < -0.39 is 5.82 Å². The molecule has 0 saturated carbocycles. The molecule has 0 N–H and O–H groups in total. The standard InChI is InChI=1S/C10H11FN2.Y/c1-7-4-5-9(13(2)3)8(6-12)10(7)11;/h4-5H,1-3H3;. The summed E-state index contributed by atoms with van der Waals surface area (Å²) in [5.41, 5.74) is 1.23. The van der Waals surface area contributed by atoms with Crippen LogP contribution in [0.15, 0.2) is 12.1 Å². The molecule has 0 aliphatic heterocycles. The van der Waals surface area contributed by atoms with E-state index in [-0.39, 0.29) is 38.3 Å². The molecular formula is C10H11FN2Y. The van der Waals surface area contributed by atoms with Gasteiger partial charge in [0, 0.05) is 46.8 Å². The Kier molecular flexibility index (Phi) is 5.25. The largest absolute Gasteiger partial charge is 0.377 e. The molecule has 1 aromatic carbocycles. The topological polar surface area (TPSA) is 27.0 Å². The fourth-order valence-electron chi connectivity index (χ4n) is 1.15. The second kappa shape index (κ2) is 5.43. The smallest absolute Gasteiger partial charge is 0.145 e. The molecule has 1 aromatic rings. The Labute approximate surface area is 109 Å². The van der Waals surface area contributed by atoms with Crippen LogP contribution in [0.5, 0.6) is 0 Å². The molecule has 0 spiro atoms. The van der Waals surface area contributed by atoms with Crippen molar-refractivity contribution in [1.29, 1.82) is 5.26 Å². The Morgan fingerprint density at radius 3 is 2.36 bits per heavy atom. The zero-order valence-electron chi connectivity index (χ0n) is 8.50. The third kappa shape index (κ3) is 2.53. The van der Waals surface area contributed by atoms with Crippen molar-refractivity contribution in [2.24, 2.45) is 0 Å². The van der Waals surface area contributed by atoms with Crippen LogP contribution in [0.1, 0.15) is 11.1 Å². The second-order valence-corrected chi connectivity index (χ2v) is 3.10. The van der Waals surface area contributed by atoms with Crippen molar-refractivity contribution in [2.75, 3.05) is 19.0 Å². The summed E-state index contributed by atoms with van der Waals surface area (Å²) in [6.07, 6.45) is 0. The van der Waals surface area contributed by atoms with Gasteiger partial charge in [-0.3, -0.25) is 0 Å². The summed E-state index contributed by atoms with van der Waals surface area (Å²) in [5, 5.41) is 8.76. The maximum atomic E-state index is 13.4. The third-order valence-electron chi connectivity index (χ3n) is 1.91. The van der Waals surface area contributed by atoms with E-state index in [1.807, 2.05) is 6.07 Å². The van der Waals surface area contributed by atoms with Crippen molar-refractivity contribution in [3.63, 3.8) is 0 Å². The van der Waals surface area contributed by atoms with Crippen LogP contribution in [-0.2, 0) is 32.7 Å². The van der Waals surface area contributed by atoms with Gasteiger partial charge in [-0.05, 0) is 18.6 Å². The van der Waals surface area contributed by atoms with E-state index in [0.717, 1.165) is 0 Å². The summed E-state index contributed by atoms with van der Waals surface area (Å²) < 4.78 is 13.4. The summed E-state index contributed by atoms with van der Waals surface area (Å²) in [4.78, 5) is 1.72. The quantitative estimate of drug-likeness (QED) is 0.778. The SMILES string of the molecule is Cc1ccc(N(C)C)c(C#N)c1F.[Y]. The minimum atomic E-state index is -0.422. The number of nitriles is 1. The molecule has 0 fully saturated rings. The van der Waals surface area contributed by atoms with E-state index in [1.54, 1.807) is 38.1 Å². The Morgan fingerprint density at radius 1 is 1.36 bits per heavy atom. The van der Waals surface area contributed by atoms with Crippen molar-refractivity contribution >= 4 is 5.69 Å². The monoisotopic (exact) mass is 267 g/mol. The summed E-state index contributed by atoms with van der Waals surface area (Å²) >= 11 is 0. The van der Waals surface area contributed by atoms with Gasteiger partial charge in [-0.25, -0.2) is 4.39 Å². The number of anilines is 1. The van der Waals surface area contributed by atoms with Crippen molar-refractivity contribution in [1.82, 2.24) is 0 Å². The van der Waals surface area contributed by atoms with E-state index in [2.05, 4.69) is 0 Å². The van der Waals surface area contributed by atoms with Gasteiger partial charge < -0.3 is 4.90 Å². The minimum Gasteiger partial charge on any atom is -0.377 e. The van der Waals surface area contributed by atoms with E-state index in [4.69, 9.17) is 5.26 Å². The molecule has 4 heteroatoms. The minimum absolute atomic E-state index is 0. The van der Waals surface area contributed by atoms with E-state index in [9.17, 15) is 4.39 Å². The van der Waals surface area contributed by atoms with E-state index in [1.165, 1.54) is 0 Å². The molecule has 0 atom stereocenters. The maximum Gasteiger partial charge on any atom is 0.145 e. The zero-order valence-corrected chi connectivity index (χ0v) is 11.3.